The fraction of sp³-hybridized carbons (Fsp3) is 0.133. The molecule has 2 aromatic carbocycles. The van der Waals surface area contributed by atoms with Crippen LogP contribution in [0.15, 0.2) is 51.8 Å². The average molecular weight is 380 g/mol. The molecule has 0 amide bonds. The molecule has 2 rings (SSSR count). The maximum absolute atomic E-state index is 12.4. The predicted octanol–water partition coefficient (Wildman–Crippen LogP) is 3.19. The lowest BCUT2D eigenvalue weighted by atomic mass is 10.2. The lowest BCUT2D eigenvalue weighted by molar-refractivity contribution is 0.601. The monoisotopic (exact) mass is 379 g/mol. The van der Waals surface area contributed by atoms with E-state index in [9.17, 15) is 8.42 Å². The third-order valence-electron chi connectivity index (χ3n) is 3.00. The summed E-state index contributed by atoms with van der Waals surface area (Å²) >= 11 is 3.20. The first kappa shape index (κ1) is 16.3. The van der Waals surface area contributed by atoms with Crippen LogP contribution < -0.4 is 9.62 Å². The Morgan fingerprint density at radius 2 is 1.77 bits per heavy atom. The van der Waals surface area contributed by atoms with Gasteiger partial charge in [-0.25, -0.2) is 8.42 Å². The molecule has 0 aromatic heterocycles. The molecule has 2 aromatic rings. The molecule has 114 valence electrons. The van der Waals surface area contributed by atoms with E-state index in [0.29, 0.717) is 10.2 Å². The molecule has 0 unspecified atom stereocenters. The van der Waals surface area contributed by atoms with Crippen LogP contribution in [-0.4, -0.2) is 22.5 Å². The Labute approximate surface area is 138 Å². The Bertz CT molecular complexity index is 825. The van der Waals surface area contributed by atoms with Crippen molar-refractivity contribution in [3.05, 3.63) is 52.5 Å². The molecular formula is C15H14BrN3O2S. The van der Waals surface area contributed by atoms with Gasteiger partial charge in [0.15, 0.2) is 0 Å². The Morgan fingerprint density at radius 1 is 1.14 bits per heavy atom. The van der Waals surface area contributed by atoms with E-state index >= 15 is 0 Å². The van der Waals surface area contributed by atoms with E-state index in [-0.39, 0.29) is 10.5 Å². The summed E-state index contributed by atoms with van der Waals surface area (Å²) in [4.78, 5) is 1.97. The minimum absolute atomic E-state index is 0.0453. The normalized spacial score (nSPS) is 10.8. The summed E-state index contributed by atoms with van der Waals surface area (Å²) in [5.41, 5.74) is 1.70. The van der Waals surface area contributed by atoms with Crippen molar-refractivity contribution in [2.24, 2.45) is 0 Å². The Hall–Kier alpha value is -2.04. The van der Waals surface area contributed by atoms with E-state index < -0.39 is 10.0 Å². The van der Waals surface area contributed by atoms with Crippen molar-refractivity contribution in [2.45, 2.75) is 4.90 Å². The van der Waals surface area contributed by atoms with Gasteiger partial charge in [-0.15, -0.1) is 0 Å². The zero-order chi connectivity index (χ0) is 16.3. The quantitative estimate of drug-likeness (QED) is 0.884. The van der Waals surface area contributed by atoms with Crippen LogP contribution in [0.3, 0.4) is 0 Å². The number of hydrogen-bond acceptors (Lipinski definition) is 4. The first-order chi connectivity index (χ1) is 10.3. The summed E-state index contributed by atoms with van der Waals surface area (Å²) in [6.07, 6.45) is 0. The minimum Gasteiger partial charge on any atom is -0.378 e. The molecule has 7 heteroatoms. The molecular weight excluding hydrogens is 366 g/mol. The number of nitrogens with zero attached hydrogens (tertiary/aromatic N) is 2. The van der Waals surface area contributed by atoms with Gasteiger partial charge in [0.05, 0.1) is 10.5 Å². The first-order valence-corrected chi connectivity index (χ1v) is 8.61. The fourth-order valence-electron chi connectivity index (χ4n) is 1.80. The second-order valence-electron chi connectivity index (χ2n) is 4.80. The minimum atomic E-state index is -3.73. The Kier molecular flexibility index (Phi) is 4.74. The largest absolute Gasteiger partial charge is 0.378 e. The summed E-state index contributed by atoms with van der Waals surface area (Å²) in [6.45, 7) is 0. The van der Waals surface area contributed by atoms with Crippen LogP contribution in [0.4, 0.5) is 11.4 Å². The topological polar surface area (TPSA) is 73.2 Å². The highest BCUT2D eigenvalue weighted by Gasteiger charge is 2.16. The second-order valence-corrected chi connectivity index (χ2v) is 7.34. The highest BCUT2D eigenvalue weighted by atomic mass is 79.9. The molecule has 5 nitrogen and oxygen atoms in total. The van der Waals surface area contributed by atoms with Gasteiger partial charge >= 0.3 is 0 Å². The van der Waals surface area contributed by atoms with Gasteiger partial charge in [0.1, 0.15) is 6.07 Å². The number of nitriles is 1. The predicted molar refractivity (Wildman–Crippen MR) is 90.4 cm³/mol. The molecule has 1 N–H and O–H groups in total. The van der Waals surface area contributed by atoms with Crippen molar-refractivity contribution >= 4 is 37.3 Å². The molecule has 0 saturated heterocycles. The lowest BCUT2D eigenvalue weighted by Crippen LogP contribution is -2.13. The third kappa shape index (κ3) is 3.59. The molecule has 0 aliphatic carbocycles. The highest BCUT2D eigenvalue weighted by Crippen LogP contribution is 2.23. The van der Waals surface area contributed by atoms with Crippen molar-refractivity contribution < 1.29 is 8.42 Å². The molecule has 0 atom stereocenters. The van der Waals surface area contributed by atoms with Crippen LogP contribution in [0, 0.1) is 11.3 Å². The second kappa shape index (κ2) is 6.38. The van der Waals surface area contributed by atoms with Crippen molar-refractivity contribution in [1.29, 1.82) is 5.26 Å². The highest BCUT2D eigenvalue weighted by molar-refractivity contribution is 9.10. The molecule has 0 heterocycles. The van der Waals surface area contributed by atoms with Crippen molar-refractivity contribution in [3.63, 3.8) is 0 Å². The lowest BCUT2D eigenvalue weighted by Gasteiger charge is -2.13. The Morgan fingerprint density at radius 3 is 2.32 bits per heavy atom. The standard InChI is InChI=1S/C15H14BrN3O2S/c1-19(2)13-5-3-12(4-6-13)18-22(20,21)14-7-8-15(16)11(9-14)10-17/h3-9,18H,1-2H3. The molecule has 0 spiro atoms. The molecule has 22 heavy (non-hydrogen) atoms. The van der Waals surface area contributed by atoms with Gasteiger partial charge in [-0.3, -0.25) is 4.72 Å². The number of benzene rings is 2. The molecule has 0 aliphatic rings. The van der Waals surface area contributed by atoms with Crippen LogP contribution in [0.25, 0.3) is 0 Å². The summed E-state index contributed by atoms with van der Waals surface area (Å²) in [5.74, 6) is 0. The van der Waals surface area contributed by atoms with Crippen LogP contribution in [-0.2, 0) is 10.0 Å². The SMILES string of the molecule is CN(C)c1ccc(NS(=O)(=O)c2ccc(Br)c(C#N)c2)cc1. The van der Waals surface area contributed by atoms with Gasteiger partial charge in [0, 0.05) is 29.9 Å². The average Bonchev–Trinajstić information content (AvgIpc) is 2.47. The van der Waals surface area contributed by atoms with Crippen LogP contribution in [0.1, 0.15) is 5.56 Å². The molecule has 0 saturated carbocycles. The van der Waals surface area contributed by atoms with E-state index in [1.165, 1.54) is 12.1 Å². The number of nitrogens with one attached hydrogen (secondary N) is 1. The number of rotatable bonds is 4. The van der Waals surface area contributed by atoms with Gasteiger partial charge in [-0.05, 0) is 58.4 Å². The van der Waals surface area contributed by atoms with Crippen molar-refractivity contribution in [3.8, 4) is 6.07 Å². The Balaban J connectivity index is 2.30. The van der Waals surface area contributed by atoms with E-state index in [1.54, 1.807) is 18.2 Å². The number of hydrogen-bond donors (Lipinski definition) is 1. The molecule has 0 aliphatic heterocycles. The first-order valence-electron chi connectivity index (χ1n) is 6.33. The number of sulfonamides is 1. The van der Waals surface area contributed by atoms with Crippen LogP contribution >= 0.6 is 15.9 Å². The maximum atomic E-state index is 12.4. The maximum Gasteiger partial charge on any atom is 0.261 e. The van der Waals surface area contributed by atoms with E-state index in [4.69, 9.17) is 5.26 Å². The van der Waals surface area contributed by atoms with Crippen LogP contribution in [0.2, 0.25) is 0 Å². The summed E-state index contributed by atoms with van der Waals surface area (Å²) in [7, 11) is 0.0830. The fourth-order valence-corrected chi connectivity index (χ4v) is 3.22. The van der Waals surface area contributed by atoms with E-state index in [0.717, 1.165) is 5.69 Å². The van der Waals surface area contributed by atoms with Gasteiger partial charge < -0.3 is 4.90 Å². The molecule has 0 radical (unpaired) electrons. The van der Waals surface area contributed by atoms with Crippen LogP contribution in [0.5, 0.6) is 0 Å². The molecule has 0 fully saturated rings. The van der Waals surface area contributed by atoms with E-state index in [1.807, 2.05) is 37.2 Å². The van der Waals surface area contributed by atoms with Gasteiger partial charge in [-0.1, -0.05) is 0 Å². The summed E-state index contributed by atoms with van der Waals surface area (Å²) in [5, 5.41) is 8.98. The zero-order valence-corrected chi connectivity index (χ0v) is 14.4. The van der Waals surface area contributed by atoms with Gasteiger partial charge in [0.2, 0.25) is 0 Å². The van der Waals surface area contributed by atoms with Crippen molar-refractivity contribution in [2.75, 3.05) is 23.7 Å². The zero-order valence-electron chi connectivity index (χ0n) is 12.0. The van der Waals surface area contributed by atoms with Gasteiger partial charge in [-0.2, -0.15) is 5.26 Å². The van der Waals surface area contributed by atoms with Crippen molar-refractivity contribution in [1.82, 2.24) is 0 Å². The summed E-state index contributed by atoms with van der Waals surface area (Å²) < 4.78 is 27.8. The smallest absolute Gasteiger partial charge is 0.261 e. The summed E-state index contributed by atoms with van der Waals surface area (Å²) in [6, 6.07) is 13.3. The number of anilines is 2. The van der Waals surface area contributed by atoms with Gasteiger partial charge in [0.25, 0.3) is 10.0 Å². The van der Waals surface area contributed by atoms with E-state index in [2.05, 4.69) is 20.7 Å². The molecule has 0 bridgehead atoms. The number of halogens is 1. The third-order valence-corrected chi connectivity index (χ3v) is 5.07.